The molecule has 102 valence electrons. The van der Waals surface area contributed by atoms with Crippen molar-refractivity contribution in [2.75, 3.05) is 12.4 Å². The van der Waals surface area contributed by atoms with Gasteiger partial charge in [-0.25, -0.2) is 4.99 Å². The molecule has 1 heterocycles. The number of halogens is 2. The van der Waals surface area contributed by atoms with Crippen LogP contribution >= 0.6 is 23.2 Å². The number of hydrogen-bond donors (Lipinski definition) is 2. The van der Waals surface area contributed by atoms with Crippen LogP contribution in [0.5, 0.6) is 5.75 Å². The maximum absolute atomic E-state index is 6.44. The standard InChI is InChI=1S/C13H15Cl2N3O/c1-9(13(15)7-8-16-12(14)18-13)17-10-3-5-11(19-2)6-4-10/h3-9,17H,1-2H3,(H,16,18). The van der Waals surface area contributed by atoms with Crippen molar-refractivity contribution >= 4 is 34.2 Å². The highest BCUT2D eigenvalue weighted by Crippen LogP contribution is 2.29. The number of hydrogen-bond acceptors (Lipinski definition) is 4. The fraction of sp³-hybridized carbons (Fsp3) is 0.308. The predicted octanol–water partition coefficient (Wildman–Crippen LogP) is 3.14. The van der Waals surface area contributed by atoms with Crippen LogP contribution in [0.25, 0.3) is 0 Å². The van der Waals surface area contributed by atoms with Gasteiger partial charge < -0.3 is 15.4 Å². The van der Waals surface area contributed by atoms with Crippen molar-refractivity contribution in [1.82, 2.24) is 5.32 Å². The molecule has 0 saturated heterocycles. The van der Waals surface area contributed by atoms with Gasteiger partial charge in [0.25, 0.3) is 0 Å². The zero-order valence-corrected chi connectivity index (χ0v) is 12.2. The van der Waals surface area contributed by atoms with Crippen LogP contribution in [0.4, 0.5) is 5.69 Å². The van der Waals surface area contributed by atoms with Crippen molar-refractivity contribution in [2.24, 2.45) is 4.99 Å². The molecule has 2 rings (SSSR count). The number of nitrogens with zero attached hydrogens (tertiary/aromatic N) is 1. The molecule has 4 nitrogen and oxygen atoms in total. The van der Waals surface area contributed by atoms with E-state index in [1.165, 1.54) is 0 Å². The molecular formula is C13H15Cl2N3O. The average Bonchev–Trinajstić information content (AvgIpc) is 2.39. The van der Waals surface area contributed by atoms with E-state index < -0.39 is 5.00 Å². The molecule has 0 fully saturated rings. The Kier molecular flexibility index (Phi) is 4.22. The maximum atomic E-state index is 6.44. The van der Waals surface area contributed by atoms with Crippen LogP contribution in [0.1, 0.15) is 6.92 Å². The van der Waals surface area contributed by atoms with E-state index in [9.17, 15) is 0 Å². The molecule has 0 spiro atoms. The fourth-order valence-corrected chi connectivity index (χ4v) is 2.18. The van der Waals surface area contributed by atoms with Gasteiger partial charge in [0.05, 0.1) is 13.2 Å². The second-order valence-electron chi connectivity index (χ2n) is 4.20. The SMILES string of the molecule is COc1ccc(NC(C)C2(Cl)C=CNC(Cl)=N2)cc1. The van der Waals surface area contributed by atoms with Crippen LogP contribution in [0.15, 0.2) is 41.5 Å². The molecule has 2 atom stereocenters. The van der Waals surface area contributed by atoms with Gasteiger partial charge in [-0.2, -0.15) is 0 Å². The van der Waals surface area contributed by atoms with E-state index >= 15 is 0 Å². The average molecular weight is 300 g/mol. The van der Waals surface area contributed by atoms with E-state index in [0.29, 0.717) is 0 Å². The minimum Gasteiger partial charge on any atom is -0.497 e. The predicted molar refractivity (Wildman–Crippen MR) is 80.2 cm³/mol. The van der Waals surface area contributed by atoms with Gasteiger partial charge in [-0.05, 0) is 48.9 Å². The Morgan fingerprint density at radius 2 is 2.05 bits per heavy atom. The first-order chi connectivity index (χ1) is 9.03. The van der Waals surface area contributed by atoms with E-state index in [1.807, 2.05) is 31.2 Å². The summed E-state index contributed by atoms with van der Waals surface area (Å²) >= 11 is 12.3. The number of aliphatic imine (C=N–C) groups is 1. The van der Waals surface area contributed by atoms with E-state index in [2.05, 4.69) is 15.6 Å². The minimum absolute atomic E-state index is 0.130. The lowest BCUT2D eigenvalue weighted by Crippen LogP contribution is -2.40. The van der Waals surface area contributed by atoms with Crippen molar-refractivity contribution in [3.63, 3.8) is 0 Å². The summed E-state index contributed by atoms with van der Waals surface area (Å²) in [5, 5.41) is 6.35. The van der Waals surface area contributed by atoms with E-state index in [0.717, 1.165) is 11.4 Å². The third-order valence-corrected chi connectivity index (χ3v) is 3.60. The number of benzene rings is 1. The lowest BCUT2D eigenvalue weighted by atomic mass is 10.1. The van der Waals surface area contributed by atoms with E-state index in [-0.39, 0.29) is 11.3 Å². The van der Waals surface area contributed by atoms with Gasteiger partial charge in [-0.1, -0.05) is 11.6 Å². The van der Waals surface area contributed by atoms with Crippen LogP contribution in [-0.2, 0) is 0 Å². The lowest BCUT2D eigenvalue weighted by molar-refractivity contribution is 0.415. The Morgan fingerprint density at radius 3 is 2.63 bits per heavy atom. The monoisotopic (exact) mass is 299 g/mol. The molecule has 1 aliphatic rings. The van der Waals surface area contributed by atoms with Gasteiger partial charge >= 0.3 is 0 Å². The maximum Gasteiger partial charge on any atom is 0.197 e. The third-order valence-electron chi connectivity index (χ3n) is 2.87. The number of methoxy groups -OCH3 is 1. The number of rotatable bonds is 4. The summed E-state index contributed by atoms with van der Waals surface area (Å²) in [6.07, 6.45) is 3.45. The van der Waals surface area contributed by atoms with Gasteiger partial charge in [0.2, 0.25) is 0 Å². The summed E-state index contributed by atoms with van der Waals surface area (Å²) in [6, 6.07) is 7.47. The molecule has 1 aliphatic heterocycles. The molecular weight excluding hydrogens is 285 g/mol. The van der Waals surface area contributed by atoms with Crippen molar-refractivity contribution in [2.45, 2.75) is 18.0 Å². The Bertz CT molecular complexity index is 501. The molecule has 19 heavy (non-hydrogen) atoms. The number of nitrogens with one attached hydrogen (secondary N) is 2. The van der Waals surface area contributed by atoms with Crippen molar-refractivity contribution < 1.29 is 4.74 Å². The molecule has 0 aliphatic carbocycles. The highest BCUT2D eigenvalue weighted by molar-refractivity contribution is 6.65. The molecule has 0 amide bonds. The Labute approximate surface area is 122 Å². The van der Waals surface area contributed by atoms with Gasteiger partial charge in [0, 0.05) is 11.9 Å². The van der Waals surface area contributed by atoms with Crippen LogP contribution in [0.3, 0.4) is 0 Å². The number of alkyl halides is 1. The molecule has 2 unspecified atom stereocenters. The van der Waals surface area contributed by atoms with Crippen LogP contribution in [0.2, 0.25) is 0 Å². The first-order valence-corrected chi connectivity index (χ1v) is 6.58. The third kappa shape index (κ3) is 3.33. The first-order valence-electron chi connectivity index (χ1n) is 5.82. The highest BCUT2D eigenvalue weighted by Gasteiger charge is 2.33. The lowest BCUT2D eigenvalue weighted by Gasteiger charge is -2.30. The molecule has 1 aromatic rings. The molecule has 2 N–H and O–H groups in total. The smallest absolute Gasteiger partial charge is 0.197 e. The number of ether oxygens (including phenoxy) is 1. The molecule has 0 aromatic heterocycles. The zero-order chi connectivity index (χ0) is 13.9. The zero-order valence-electron chi connectivity index (χ0n) is 10.7. The largest absolute Gasteiger partial charge is 0.497 e. The second-order valence-corrected chi connectivity index (χ2v) is 5.17. The highest BCUT2D eigenvalue weighted by atomic mass is 35.5. The summed E-state index contributed by atoms with van der Waals surface area (Å²) in [7, 11) is 1.63. The second kappa shape index (κ2) is 5.72. The number of anilines is 1. The van der Waals surface area contributed by atoms with Crippen molar-refractivity contribution in [1.29, 1.82) is 0 Å². The van der Waals surface area contributed by atoms with Gasteiger partial charge in [0.1, 0.15) is 5.75 Å². The topological polar surface area (TPSA) is 45.6 Å². The van der Waals surface area contributed by atoms with Crippen LogP contribution < -0.4 is 15.4 Å². The Balaban J connectivity index is 2.09. The van der Waals surface area contributed by atoms with Crippen molar-refractivity contribution in [3.8, 4) is 5.75 Å². The summed E-state index contributed by atoms with van der Waals surface area (Å²) in [4.78, 5) is 3.31. The summed E-state index contributed by atoms with van der Waals surface area (Å²) in [5.74, 6) is 0.807. The Hall–Kier alpha value is -1.39. The first kappa shape index (κ1) is 14.0. The molecule has 0 bridgehead atoms. The molecule has 0 radical (unpaired) electrons. The van der Waals surface area contributed by atoms with E-state index in [4.69, 9.17) is 27.9 Å². The van der Waals surface area contributed by atoms with Crippen LogP contribution in [0, 0.1) is 0 Å². The van der Waals surface area contributed by atoms with Gasteiger partial charge in [0.15, 0.2) is 10.3 Å². The molecule has 1 aromatic carbocycles. The minimum atomic E-state index is -0.901. The van der Waals surface area contributed by atoms with Gasteiger partial charge in [-0.3, -0.25) is 0 Å². The van der Waals surface area contributed by atoms with Crippen molar-refractivity contribution in [3.05, 3.63) is 36.5 Å². The summed E-state index contributed by atoms with van der Waals surface area (Å²) in [6.45, 7) is 1.95. The van der Waals surface area contributed by atoms with Gasteiger partial charge in [-0.15, -0.1) is 0 Å². The fourth-order valence-electron chi connectivity index (χ4n) is 1.73. The summed E-state index contributed by atoms with van der Waals surface area (Å²) in [5.41, 5.74) is 0.937. The van der Waals surface area contributed by atoms with E-state index in [1.54, 1.807) is 19.4 Å². The number of amidine groups is 1. The Morgan fingerprint density at radius 1 is 1.37 bits per heavy atom. The molecule has 6 heteroatoms. The quantitative estimate of drug-likeness (QED) is 0.663. The normalized spacial score (nSPS) is 23.3. The van der Waals surface area contributed by atoms with Crippen LogP contribution in [-0.4, -0.2) is 23.4 Å². The molecule has 0 saturated carbocycles. The summed E-state index contributed by atoms with van der Waals surface area (Å²) < 4.78 is 5.11.